The van der Waals surface area contributed by atoms with Crippen LogP contribution in [0, 0.1) is 0 Å². The number of carbonyl (C=O) groups is 3. The molecule has 9 heteroatoms. The summed E-state index contributed by atoms with van der Waals surface area (Å²) in [4.78, 5) is 37.0. The summed E-state index contributed by atoms with van der Waals surface area (Å²) in [6, 6.07) is 0. The first kappa shape index (κ1) is 55.2. The number of carbonyl (C=O) groups excluding carboxylic acids is 3. The van der Waals surface area contributed by atoms with Crippen molar-refractivity contribution in [3.05, 3.63) is 48.6 Å². The van der Waals surface area contributed by atoms with E-state index in [1.165, 1.54) is 64.2 Å². The molecule has 0 saturated heterocycles. The van der Waals surface area contributed by atoms with Crippen molar-refractivity contribution in [1.82, 2.24) is 0 Å². The number of ether oxygens (including phenoxy) is 4. The molecule has 0 aromatic heterocycles. The van der Waals surface area contributed by atoms with Crippen LogP contribution in [0.2, 0.25) is 0 Å². The van der Waals surface area contributed by atoms with Gasteiger partial charge in [-0.1, -0.05) is 146 Å². The first-order chi connectivity index (χ1) is 28.1. The van der Waals surface area contributed by atoms with E-state index in [1.54, 1.807) is 0 Å². The largest absolute Gasteiger partial charge is 0.545 e. The number of esters is 2. The van der Waals surface area contributed by atoms with E-state index in [4.69, 9.17) is 18.9 Å². The number of likely N-dealkylation sites (N-methyl/N-ethyl adjacent to an activating group) is 1. The van der Waals surface area contributed by atoms with Crippen LogP contribution < -0.4 is 5.11 Å². The van der Waals surface area contributed by atoms with Gasteiger partial charge in [0.15, 0.2) is 12.4 Å². The van der Waals surface area contributed by atoms with Crippen molar-refractivity contribution in [2.24, 2.45) is 0 Å². The number of quaternary nitrogens is 1. The third kappa shape index (κ3) is 41.4. The van der Waals surface area contributed by atoms with E-state index in [1.807, 2.05) is 21.1 Å². The quantitative estimate of drug-likeness (QED) is 0.0197. The molecule has 0 aromatic rings. The molecule has 0 aliphatic carbocycles. The number of carboxylic acids is 1. The molecule has 0 spiro atoms. The maximum atomic E-state index is 12.8. The molecule has 0 rings (SSSR count). The van der Waals surface area contributed by atoms with Crippen LogP contribution in [0.4, 0.5) is 0 Å². The average molecular weight is 818 g/mol. The van der Waals surface area contributed by atoms with Gasteiger partial charge in [0.1, 0.15) is 13.2 Å². The summed E-state index contributed by atoms with van der Waals surface area (Å²) in [5.41, 5.74) is 0. The number of unbranched alkanes of at least 4 members (excludes halogenated alkanes) is 19. The van der Waals surface area contributed by atoms with Crippen molar-refractivity contribution in [2.45, 2.75) is 200 Å². The molecular formula is C49H87NO8. The highest BCUT2D eigenvalue weighted by Gasteiger charge is 2.21. The average Bonchev–Trinajstić information content (AvgIpc) is 3.18. The van der Waals surface area contributed by atoms with Crippen LogP contribution in [0.15, 0.2) is 48.6 Å². The normalized spacial score (nSPS) is 13.3. The summed E-state index contributed by atoms with van der Waals surface area (Å²) in [7, 11) is 5.90. The molecule has 0 heterocycles. The number of aliphatic carboxylic acids is 1. The van der Waals surface area contributed by atoms with E-state index in [9.17, 15) is 19.5 Å². The minimum atomic E-state index is -1.63. The van der Waals surface area contributed by atoms with Gasteiger partial charge in [0.2, 0.25) is 0 Å². The van der Waals surface area contributed by atoms with E-state index < -0.39 is 24.3 Å². The van der Waals surface area contributed by atoms with Crippen LogP contribution >= 0.6 is 0 Å². The van der Waals surface area contributed by atoms with E-state index in [-0.39, 0.29) is 38.6 Å². The second kappa shape index (κ2) is 41.0. The van der Waals surface area contributed by atoms with Gasteiger partial charge in [0, 0.05) is 12.8 Å². The van der Waals surface area contributed by atoms with Crippen molar-refractivity contribution in [3.63, 3.8) is 0 Å². The smallest absolute Gasteiger partial charge is 0.306 e. The van der Waals surface area contributed by atoms with Gasteiger partial charge >= 0.3 is 11.9 Å². The lowest BCUT2D eigenvalue weighted by Crippen LogP contribution is -2.44. The Morgan fingerprint density at radius 1 is 0.517 bits per heavy atom. The molecular weight excluding hydrogens is 731 g/mol. The Bertz CT molecular complexity index is 1090. The number of carboxylic acid groups (broad SMARTS) is 1. The van der Waals surface area contributed by atoms with Gasteiger partial charge in [0.05, 0.1) is 40.3 Å². The molecule has 0 aromatic carbocycles. The molecule has 0 saturated carbocycles. The van der Waals surface area contributed by atoms with Gasteiger partial charge in [0.25, 0.3) is 0 Å². The van der Waals surface area contributed by atoms with E-state index >= 15 is 0 Å². The Labute approximate surface area is 355 Å². The van der Waals surface area contributed by atoms with Gasteiger partial charge in [-0.3, -0.25) is 9.59 Å². The third-order valence-electron chi connectivity index (χ3n) is 9.80. The van der Waals surface area contributed by atoms with Gasteiger partial charge in [-0.2, -0.15) is 0 Å². The summed E-state index contributed by atoms with van der Waals surface area (Å²) in [6.45, 7) is 4.67. The molecule has 0 fully saturated rings. The van der Waals surface area contributed by atoms with Gasteiger partial charge < -0.3 is 33.3 Å². The van der Waals surface area contributed by atoms with Crippen LogP contribution in [-0.2, 0) is 33.3 Å². The van der Waals surface area contributed by atoms with Crippen molar-refractivity contribution in [3.8, 4) is 0 Å². The third-order valence-corrected chi connectivity index (χ3v) is 9.80. The Balaban J connectivity index is 4.43. The predicted octanol–water partition coefficient (Wildman–Crippen LogP) is 11.1. The molecule has 58 heavy (non-hydrogen) atoms. The molecule has 2 unspecified atom stereocenters. The zero-order valence-electron chi connectivity index (χ0n) is 37.9. The van der Waals surface area contributed by atoms with Crippen LogP contribution in [0.5, 0.6) is 0 Å². The van der Waals surface area contributed by atoms with E-state index in [0.717, 1.165) is 89.9 Å². The first-order valence-electron chi connectivity index (χ1n) is 23.3. The van der Waals surface area contributed by atoms with Crippen LogP contribution in [-0.4, -0.2) is 82.3 Å². The molecule has 0 aliphatic rings. The van der Waals surface area contributed by atoms with Gasteiger partial charge in [-0.05, 0) is 77.0 Å². The second-order valence-electron chi connectivity index (χ2n) is 16.7. The van der Waals surface area contributed by atoms with Crippen LogP contribution in [0.3, 0.4) is 0 Å². The van der Waals surface area contributed by atoms with Crippen molar-refractivity contribution < 1.29 is 42.9 Å². The Morgan fingerprint density at radius 2 is 0.931 bits per heavy atom. The summed E-state index contributed by atoms with van der Waals surface area (Å²) in [5.74, 6) is -2.32. The highest BCUT2D eigenvalue weighted by Crippen LogP contribution is 2.13. The van der Waals surface area contributed by atoms with Crippen LogP contribution in [0.1, 0.15) is 187 Å². The molecule has 2 atom stereocenters. The summed E-state index contributed by atoms with van der Waals surface area (Å²) in [5, 5.41) is 11.7. The monoisotopic (exact) mass is 818 g/mol. The number of hydrogen-bond acceptors (Lipinski definition) is 8. The number of nitrogens with zero attached hydrogens (tertiary/aromatic N) is 1. The maximum Gasteiger partial charge on any atom is 0.306 e. The Hall–Kier alpha value is -2.75. The van der Waals surface area contributed by atoms with Crippen molar-refractivity contribution >= 4 is 17.9 Å². The summed E-state index contributed by atoms with van der Waals surface area (Å²) < 4.78 is 22.5. The zero-order valence-corrected chi connectivity index (χ0v) is 37.9. The highest BCUT2D eigenvalue weighted by atomic mass is 16.7. The molecule has 0 aliphatic heterocycles. The molecule has 336 valence electrons. The molecule has 0 amide bonds. The number of allylic oxidation sites excluding steroid dienone is 8. The molecule has 9 nitrogen and oxygen atoms in total. The summed E-state index contributed by atoms with van der Waals surface area (Å²) >= 11 is 0. The van der Waals surface area contributed by atoms with Crippen LogP contribution in [0.25, 0.3) is 0 Å². The predicted molar refractivity (Wildman–Crippen MR) is 237 cm³/mol. The zero-order chi connectivity index (χ0) is 42.8. The Morgan fingerprint density at radius 3 is 1.43 bits per heavy atom. The Kier molecular flexibility index (Phi) is 39.1. The van der Waals surface area contributed by atoms with E-state index in [2.05, 4.69) is 62.5 Å². The first-order valence-corrected chi connectivity index (χ1v) is 23.3. The fourth-order valence-corrected chi connectivity index (χ4v) is 6.12. The minimum Gasteiger partial charge on any atom is -0.545 e. The van der Waals surface area contributed by atoms with E-state index in [0.29, 0.717) is 17.4 Å². The van der Waals surface area contributed by atoms with Crippen molar-refractivity contribution in [2.75, 3.05) is 47.5 Å². The molecule has 0 radical (unpaired) electrons. The lowest BCUT2D eigenvalue weighted by molar-refractivity contribution is -0.870. The fraction of sp³-hybridized carbons (Fsp3) is 0.776. The number of rotatable bonds is 42. The lowest BCUT2D eigenvalue weighted by Gasteiger charge is -2.26. The van der Waals surface area contributed by atoms with Gasteiger partial charge in [-0.25, -0.2) is 0 Å². The van der Waals surface area contributed by atoms with Gasteiger partial charge in [-0.15, -0.1) is 0 Å². The minimum absolute atomic E-state index is 0.142. The fourth-order valence-electron chi connectivity index (χ4n) is 6.12. The maximum absolute atomic E-state index is 12.8. The number of hydrogen-bond donors (Lipinski definition) is 0. The topological polar surface area (TPSA) is 111 Å². The molecule has 0 N–H and O–H groups in total. The highest BCUT2D eigenvalue weighted by molar-refractivity contribution is 5.70. The SMILES string of the molecule is CCCCC/C=C\CCCCCCCC(=O)OCC(COC(OCC[N+](C)(C)C)C(=O)[O-])OC(=O)CCCCCCCC/C=C\C/C=C\C/C=C\CCCCCCC. The van der Waals surface area contributed by atoms with Crippen molar-refractivity contribution in [1.29, 1.82) is 0 Å². The molecule has 0 bridgehead atoms. The standard InChI is InChI=1S/C49H87NO8/c1-6-8-10-12-14-16-18-20-21-22-23-24-25-26-27-28-30-32-34-36-38-40-47(52)58-45(44-57-49(48(53)54)55-42-41-50(3,4)5)43-56-46(51)39-37-35-33-31-29-19-17-15-13-11-9-7-2/h15,17-18,20,22-23,25-26,45,49H,6-14,16,19,21,24,27-44H2,1-5H3/b17-15-,20-18-,23-22-,26-25-. The second-order valence-corrected chi connectivity index (χ2v) is 16.7. The lowest BCUT2D eigenvalue weighted by atomic mass is 10.1. The summed E-state index contributed by atoms with van der Waals surface area (Å²) in [6.07, 6.45) is 44.2.